The second kappa shape index (κ2) is 8.03. The minimum absolute atomic E-state index is 0.698. The highest BCUT2D eigenvalue weighted by atomic mass is 79.9. The summed E-state index contributed by atoms with van der Waals surface area (Å²) in [5, 5.41) is 3.61. The summed E-state index contributed by atoms with van der Waals surface area (Å²) in [7, 11) is 0. The molecule has 3 heteroatoms. The Hall–Kier alpha value is -0.380. The Morgan fingerprint density at radius 3 is 3.00 bits per heavy atom. The van der Waals surface area contributed by atoms with E-state index in [1.807, 2.05) is 0 Å². The number of unbranched alkanes of at least 4 members (excludes halogenated alkanes) is 1. The van der Waals surface area contributed by atoms with Crippen molar-refractivity contribution in [3.05, 3.63) is 34.3 Å². The lowest BCUT2D eigenvalue weighted by molar-refractivity contribution is 0.237. The van der Waals surface area contributed by atoms with E-state index in [0.29, 0.717) is 6.04 Å². The minimum Gasteiger partial charge on any atom is -0.313 e. The SMILES string of the molecule is CCCCN(Cc1cccc(Br)c1)CC1CCCN1. The van der Waals surface area contributed by atoms with Gasteiger partial charge in [-0.3, -0.25) is 4.90 Å². The summed E-state index contributed by atoms with van der Waals surface area (Å²) in [5.41, 5.74) is 1.41. The van der Waals surface area contributed by atoms with Crippen LogP contribution in [0.25, 0.3) is 0 Å². The van der Waals surface area contributed by atoms with E-state index in [1.54, 1.807) is 0 Å². The van der Waals surface area contributed by atoms with Crippen molar-refractivity contribution in [3.63, 3.8) is 0 Å². The van der Waals surface area contributed by atoms with E-state index >= 15 is 0 Å². The van der Waals surface area contributed by atoms with E-state index < -0.39 is 0 Å². The molecule has 1 aliphatic rings. The molecule has 1 unspecified atom stereocenters. The monoisotopic (exact) mass is 324 g/mol. The molecule has 1 N–H and O–H groups in total. The molecule has 0 aliphatic carbocycles. The third-order valence-corrected chi connectivity index (χ3v) is 4.26. The van der Waals surface area contributed by atoms with Crippen molar-refractivity contribution < 1.29 is 0 Å². The number of hydrogen-bond acceptors (Lipinski definition) is 2. The second-order valence-electron chi connectivity index (χ2n) is 5.51. The summed E-state index contributed by atoms with van der Waals surface area (Å²) in [5.74, 6) is 0. The van der Waals surface area contributed by atoms with E-state index in [2.05, 4.69) is 57.3 Å². The average Bonchev–Trinajstić information content (AvgIpc) is 2.89. The van der Waals surface area contributed by atoms with Gasteiger partial charge in [-0.2, -0.15) is 0 Å². The molecule has 1 aromatic rings. The molecule has 1 aromatic carbocycles. The predicted octanol–water partition coefficient (Wildman–Crippen LogP) is 3.80. The molecule has 0 radical (unpaired) electrons. The van der Waals surface area contributed by atoms with Gasteiger partial charge in [0, 0.05) is 23.6 Å². The van der Waals surface area contributed by atoms with Crippen molar-refractivity contribution in [3.8, 4) is 0 Å². The first kappa shape index (κ1) is 15.0. The molecule has 0 aromatic heterocycles. The Kier molecular flexibility index (Phi) is 6.35. The summed E-state index contributed by atoms with van der Waals surface area (Å²) in [6.45, 7) is 6.93. The Bertz CT molecular complexity index is 375. The molecule has 1 saturated heterocycles. The highest BCUT2D eigenvalue weighted by Crippen LogP contribution is 2.15. The van der Waals surface area contributed by atoms with Crippen LogP contribution in [-0.2, 0) is 6.54 Å². The Morgan fingerprint density at radius 1 is 1.42 bits per heavy atom. The van der Waals surface area contributed by atoms with Crippen LogP contribution in [0.3, 0.4) is 0 Å². The molecule has 0 bridgehead atoms. The fraction of sp³-hybridized carbons (Fsp3) is 0.625. The molecule has 0 spiro atoms. The van der Waals surface area contributed by atoms with Gasteiger partial charge in [-0.1, -0.05) is 41.4 Å². The van der Waals surface area contributed by atoms with Gasteiger partial charge in [0.2, 0.25) is 0 Å². The van der Waals surface area contributed by atoms with Crippen molar-refractivity contribution in [2.75, 3.05) is 19.6 Å². The smallest absolute Gasteiger partial charge is 0.0234 e. The maximum absolute atomic E-state index is 3.61. The normalized spacial score (nSPS) is 19.2. The lowest BCUT2D eigenvalue weighted by Crippen LogP contribution is -2.37. The first-order valence-corrected chi connectivity index (χ1v) is 8.27. The minimum atomic E-state index is 0.698. The van der Waals surface area contributed by atoms with Crippen LogP contribution in [0.15, 0.2) is 28.7 Å². The van der Waals surface area contributed by atoms with Gasteiger partial charge in [0.15, 0.2) is 0 Å². The molecule has 2 nitrogen and oxygen atoms in total. The van der Waals surface area contributed by atoms with Crippen LogP contribution in [0.2, 0.25) is 0 Å². The first-order valence-electron chi connectivity index (χ1n) is 7.48. The highest BCUT2D eigenvalue weighted by Gasteiger charge is 2.17. The van der Waals surface area contributed by atoms with Crippen LogP contribution in [-0.4, -0.2) is 30.6 Å². The van der Waals surface area contributed by atoms with Gasteiger partial charge in [-0.25, -0.2) is 0 Å². The average molecular weight is 325 g/mol. The molecule has 1 heterocycles. The van der Waals surface area contributed by atoms with E-state index in [-0.39, 0.29) is 0 Å². The summed E-state index contributed by atoms with van der Waals surface area (Å²) in [6, 6.07) is 9.39. The van der Waals surface area contributed by atoms with Gasteiger partial charge < -0.3 is 5.32 Å². The number of nitrogens with one attached hydrogen (secondary N) is 1. The molecule has 0 saturated carbocycles. The second-order valence-corrected chi connectivity index (χ2v) is 6.43. The lowest BCUT2D eigenvalue weighted by Gasteiger charge is -2.25. The van der Waals surface area contributed by atoms with Crippen LogP contribution >= 0.6 is 15.9 Å². The Morgan fingerprint density at radius 2 is 2.32 bits per heavy atom. The Labute approximate surface area is 125 Å². The Balaban J connectivity index is 1.92. The highest BCUT2D eigenvalue weighted by molar-refractivity contribution is 9.10. The van der Waals surface area contributed by atoms with E-state index in [1.165, 1.54) is 55.4 Å². The maximum Gasteiger partial charge on any atom is 0.0234 e. The third-order valence-electron chi connectivity index (χ3n) is 3.76. The summed E-state index contributed by atoms with van der Waals surface area (Å²) in [6.07, 6.45) is 5.23. The topological polar surface area (TPSA) is 15.3 Å². The standard InChI is InChI=1S/C16H25BrN2/c1-2-3-10-19(13-16-8-5-9-18-16)12-14-6-4-7-15(17)11-14/h4,6-7,11,16,18H,2-3,5,8-10,12-13H2,1H3. The molecule has 106 valence electrons. The summed E-state index contributed by atoms with van der Waals surface area (Å²) >= 11 is 3.56. The summed E-state index contributed by atoms with van der Waals surface area (Å²) in [4.78, 5) is 2.61. The van der Waals surface area contributed by atoms with Crippen LogP contribution in [0.4, 0.5) is 0 Å². The van der Waals surface area contributed by atoms with Gasteiger partial charge in [-0.05, 0) is 50.0 Å². The zero-order valence-corrected chi connectivity index (χ0v) is 13.5. The quantitative estimate of drug-likeness (QED) is 0.820. The summed E-state index contributed by atoms with van der Waals surface area (Å²) < 4.78 is 1.18. The van der Waals surface area contributed by atoms with Crippen molar-refractivity contribution in [1.29, 1.82) is 0 Å². The first-order chi connectivity index (χ1) is 9.28. The van der Waals surface area contributed by atoms with E-state index in [9.17, 15) is 0 Å². The number of halogens is 1. The predicted molar refractivity (Wildman–Crippen MR) is 85.4 cm³/mol. The van der Waals surface area contributed by atoms with Crippen molar-refractivity contribution in [2.24, 2.45) is 0 Å². The maximum atomic E-state index is 3.61. The molecule has 1 atom stereocenters. The van der Waals surface area contributed by atoms with Gasteiger partial charge in [0.25, 0.3) is 0 Å². The van der Waals surface area contributed by atoms with Crippen LogP contribution in [0.5, 0.6) is 0 Å². The molecule has 19 heavy (non-hydrogen) atoms. The molecule has 1 aliphatic heterocycles. The number of hydrogen-bond donors (Lipinski definition) is 1. The van der Waals surface area contributed by atoms with Gasteiger partial charge in [-0.15, -0.1) is 0 Å². The molecular weight excluding hydrogens is 300 g/mol. The largest absolute Gasteiger partial charge is 0.313 e. The lowest BCUT2D eigenvalue weighted by atomic mass is 10.1. The number of benzene rings is 1. The van der Waals surface area contributed by atoms with E-state index in [0.717, 1.165) is 6.54 Å². The van der Waals surface area contributed by atoms with E-state index in [4.69, 9.17) is 0 Å². The van der Waals surface area contributed by atoms with Crippen LogP contribution in [0, 0.1) is 0 Å². The van der Waals surface area contributed by atoms with Gasteiger partial charge in [0.05, 0.1) is 0 Å². The van der Waals surface area contributed by atoms with Crippen molar-refractivity contribution in [2.45, 2.75) is 45.2 Å². The number of nitrogens with zero attached hydrogens (tertiary/aromatic N) is 1. The van der Waals surface area contributed by atoms with Crippen LogP contribution in [0.1, 0.15) is 38.2 Å². The molecule has 1 fully saturated rings. The van der Waals surface area contributed by atoms with Crippen LogP contribution < -0.4 is 5.32 Å². The zero-order valence-electron chi connectivity index (χ0n) is 11.9. The molecule has 0 amide bonds. The van der Waals surface area contributed by atoms with Crippen molar-refractivity contribution >= 4 is 15.9 Å². The fourth-order valence-corrected chi connectivity index (χ4v) is 3.18. The third kappa shape index (κ3) is 5.25. The molecule has 2 rings (SSSR count). The number of rotatable bonds is 7. The van der Waals surface area contributed by atoms with Gasteiger partial charge in [0.1, 0.15) is 0 Å². The fourth-order valence-electron chi connectivity index (χ4n) is 2.73. The zero-order chi connectivity index (χ0) is 13.5. The molecular formula is C16H25BrN2. The van der Waals surface area contributed by atoms with Gasteiger partial charge >= 0.3 is 0 Å². The van der Waals surface area contributed by atoms with Crippen molar-refractivity contribution in [1.82, 2.24) is 10.2 Å².